The minimum absolute atomic E-state index is 0.375. The van der Waals surface area contributed by atoms with Gasteiger partial charge in [0.2, 0.25) is 11.9 Å². The van der Waals surface area contributed by atoms with Gasteiger partial charge in [0.05, 0.1) is 5.60 Å². The molecule has 6 rings (SSSR count). The molecule has 2 heterocycles. The Labute approximate surface area is 146 Å². The van der Waals surface area contributed by atoms with Crippen molar-refractivity contribution in [2.24, 2.45) is 24.8 Å². The molecule has 134 valence electrons. The van der Waals surface area contributed by atoms with E-state index in [0.717, 1.165) is 30.8 Å². The Balaban J connectivity index is 1.33. The van der Waals surface area contributed by atoms with Crippen molar-refractivity contribution in [1.29, 1.82) is 0 Å². The van der Waals surface area contributed by atoms with Gasteiger partial charge in [0.25, 0.3) is 0 Å². The predicted octanol–water partition coefficient (Wildman–Crippen LogP) is 1.94. The van der Waals surface area contributed by atoms with Crippen molar-refractivity contribution < 1.29 is 5.11 Å². The van der Waals surface area contributed by atoms with Crippen LogP contribution < -0.4 is 10.6 Å². The molecule has 0 aromatic carbocycles. The zero-order valence-electron chi connectivity index (χ0n) is 14.7. The normalized spacial score (nSPS) is 36.0. The minimum atomic E-state index is -0.406. The summed E-state index contributed by atoms with van der Waals surface area (Å²) in [5, 5.41) is 29.1. The molecular weight excluding hydrogens is 318 g/mol. The Hall–Kier alpha value is -2.09. The molecule has 2 atom stereocenters. The molecule has 0 aliphatic heterocycles. The van der Waals surface area contributed by atoms with E-state index in [1.165, 1.54) is 12.8 Å². The molecule has 4 fully saturated rings. The standard InChI is InChI=1S/C17H25N7O/c1-9-3-13(22-21-9)18-16-20-15(23-24(16)2)19-14-11-4-10-5-12(14)8-17(25,6-10)7-11/h3,10-12,14,25H,4-8H2,1-2H3,(H3,18,19,20,21,22,23). The molecule has 25 heavy (non-hydrogen) atoms. The van der Waals surface area contributed by atoms with Crippen LogP contribution in [0.4, 0.5) is 17.7 Å². The first-order valence-corrected chi connectivity index (χ1v) is 9.16. The summed E-state index contributed by atoms with van der Waals surface area (Å²) in [5.74, 6) is 3.82. The number of aromatic nitrogens is 5. The van der Waals surface area contributed by atoms with E-state index in [2.05, 4.69) is 30.9 Å². The van der Waals surface area contributed by atoms with Crippen LogP contribution >= 0.6 is 0 Å². The largest absolute Gasteiger partial charge is 0.390 e. The van der Waals surface area contributed by atoms with Crippen LogP contribution in [0.25, 0.3) is 0 Å². The number of rotatable bonds is 4. The number of H-pyrrole nitrogens is 1. The summed E-state index contributed by atoms with van der Waals surface area (Å²) in [6, 6.07) is 2.31. The van der Waals surface area contributed by atoms with Crippen molar-refractivity contribution >= 4 is 17.7 Å². The van der Waals surface area contributed by atoms with E-state index in [9.17, 15) is 5.11 Å². The van der Waals surface area contributed by atoms with Gasteiger partial charge in [0.1, 0.15) is 0 Å². The van der Waals surface area contributed by atoms with Crippen LogP contribution in [0, 0.1) is 24.7 Å². The van der Waals surface area contributed by atoms with Crippen LogP contribution in [0.5, 0.6) is 0 Å². The van der Waals surface area contributed by atoms with Gasteiger partial charge in [-0.3, -0.25) is 5.10 Å². The number of nitrogens with zero attached hydrogens (tertiary/aromatic N) is 4. The van der Waals surface area contributed by atoms with E-state index >= 15 is 0 Å². The topological polar surface area (TPSA) is 104 Å². The van der Waals surface area contributed by atoms with Crippen molar-refractivity contribution in [2.45, 2.75) is 50.7 Å². The number of hydrogen-bond donors (Lipinski definition) is 4. The Kier molecular flexibility index (Phi) is 3.16. The molecule has 4 N–H and O–H groups in total. The number of nitrogens with one attached hydrogen (secondary N) is 3. The second-order valence-corrected chi connectivity index (χ2v) is 8.31. The molecule has 2 unspecified atom stereocenters. The van der Waals surface area contributed by atoms with E-state index < -0.39 is 5.60 Å². The van der Waals surface area contributed by atoms with Crippen LogP contribution in [0.1, 0.15) is 37.8 Å². The highest BCUT2D eigenvalue weighted by Crippen LogP contribution is 2.56. The fourth-order valence-electron chi connectivity index (χ4n) is 5.52. The fraction of sp³-hybridized carbons (Fsp3) is 0.706. The Morgan fingerprint density at radius 3 is 2.68 bits per heavy atom. The lowest BCUT2D eigenvalue weighted by Crippen LogP contribution is -2.59. The molecule has 2 aromatic heterocycles. The van der Waals surface area contributed by atoms with Crippen LogP contribution in [0.15, 0.2) is 6.07 Å². The van der Waals surface area contributed by atoms with E-state index in [0.29, 0.717) is 35.7 Å². The smallest absolute Gasteiger partial charge is 0.244 e. The second kappa shape index (κ2) is 5.20. The molecule has 0 saturated heterocycles. The van der Waals surface area contributed by atoms with Gasteiger partial charge in [-0.15, -0.1) is 5.10 Å². The molecular formula is C17H25N7O. The van der Waals surface area contributed by atoms with Crippen LogP contribution in [0.3, 0.4) is 0 Å². The summed E-state index contributed by atoms with van der Waals surface area (Å²) in [4.78, 5) is 4.60. The van der Waals surface area contributed by atoms with Crippen molar-refractivity contribution in [2.75, 3.05) is 10.6 Å². The molecule has 0 radical (unpaired) electrons. The summed E-state index contributed by atoms with van der Waals surface area (Å²) >= 11 is 0. The average Bonchev–Trinajstić information content (AvgIpc) is 3.08. The lowest BCUT2D eigenvalue weighted by molar-refractivity contribution is -0.129. The van der Waals surface area contributed by atoms with Gasteiger partial charge in [-0.25, -0.2) is 4.68 Å². The van der Waals surface area contributed by atoms with E-state index in [1.54, 1.807) is 4.68 Å². The van der Waals surface area contributed by atoms with Crippen molar-refractivity contribution in [1.82, 2.24) is 25.0 Å². The Bertz CT molecular complexity index is 781. The summed E-state index contributed by atoms with van der Waals surface area (Å²) < 4.78 is 1.73. The van der Waals surface area contributed by atoms with E-state index in [4.69, 9.17) is 0 Å². The maximum atomic E-state index is 10.7. The third kappa shape index (κ3) is 2.59. The molecule has 4 saturated carbocycles. The maximum absolute atomic E-state index is 10.7. The van der Waals surface area contributed by atoms with Gasteiger partial charge in [-0.1, -0.05) is 0 Å². The van der Waals surface area contributed by atoms with Gasteiger partial charge < -0.3 is 15.7 Å². The number of aryl methyl sites for hydroxylation is 2. The van der Waals surface area contributed by atoms with E-state index in [1.807, 2.05) is 20.0 Å². The summed E-state index contributed by atoms with van der Waals surface area (Å²) in [6.45, 7) is 1.96. The number of hydrogen-bond acceptors (Lipinski definition) is 6. The summed E-state index contributed by atoms with van der Waals surface area (Å²) in [6.07, 6.45) is 5.29. The highest BCUT2D eigenvalue weighted by molar-refractivity contribution is 5.50. The van der Waals surface area contributed by atoms with Crippen molar-refractivity contribution in [3.8, 4) is 0 Å². The molecule has 8 heteroatoms. The third-order valence-corrected chi connectivity index (χ3v) is 6.25. The highest BCUT2D eigenvalue weighted by Gasteiger charge is 2.54. The first-order valence-electron chi connectivity index (χ1n) is 9.16. The van der Waals surface area contributed by atoms with Crippen molar-refractivity contribution in [3.63, 3.8) is 0 Å². The fourth-order valence-corrected chi connectivity index (χ4v) is 5.52. The van der Waals surface area contributed by atoms with Crippen LogP contribution in [0.2, 0.25) is 0 Å². The van der Waals surface area contributed by atoms with Crippen LogP contribution in [-0.4, -0.2) is 41.7 Å². The molecule has 0 amide bonds. The third-order valence-electron chi connectivity index (χ3n) is 6.25. The second-order valence-electron chi connectivity index (χ2n) is 8.31. The first-order chi connectivity index (χ1) is 12.0. The van der Waals surface area contributed by atoms with Gasteiger partial charge >= 0.3 is 0 Å². The molecule has 2 aromatic rings. The lowest BCUT2D eigenvalue weighted by atomic mass is 9.52. The molecule has 4 bridgehead atoms. The minimum Gasteiger partial charge on any atom is -0.390 e. The Morgan fingerprint density at radius 1 is 1.28 bits per heavy atom. The lowest BCUT2D eigenvalue weighted by Gasteiger charge is -2.58. The monoisotopic (exact) mass is 343 g/mol. The number of aliphatic hydroxyl groups is 1. The molecule has 4 aliphatic rings. The Morgan fingerprint density at radius 2 is 2.04 bits per heavy atom. The van der Waals surface area contributed by atoms with Crippen LogP contribution in [-0.2, 0) is 7.05 Å². The molecule has 8 nitrogen and oxygen atoms in total. The predicted molar refractivity (Wildman–Crippen MR) is 93.5 cm³/mol. The maximum Gasteiger partial charge on any atom is 0.244 e. The van der Waals surface area contributed by atoms with Gasteiger partial charge in [0.15, 0.2) is 5.82 Å². The van der Waals surface area contributed by atoms with Gasteiger partial charge in [-0.05, 0) is 56.8 Å². The van der Waals surface area contributed by atoms with Gasteiger partial charge in [0, 0.05) is 24.8 Å². The highest BCUT2D eigenvalue weighted by atomic mass is 16.3. The van der Waals surface area contributed by atoms with Crippen molar-refractivity contribution in [3.05, 3.63) is 11.8 Å². The zero-order valence-corrected chi connectivity index (χ0v) is 14.7. The number of aromatic amines is 1. The molecule has 4 aliphatic carbocycles. The average molecular weight is 343 g/mol. The first kappa shape index (κ1) is 15.2. The number of anilines is 3. The SMILES string of the molecule is Cc1cc(Nc2nc(NC3C4CC5CC3CC(O)(C5)C4)nn2C)n[nH]1. The van der Waals surface area contributed by atoms with E-state index in [-0.39, 0.29) is 0 Å². The summed E-state index contributed by atoms with van der Waals surface area (Å²) in [5.41, 5.74) is 0.589. The quantitative estimate of drug-likeness (QED) is 0.676. The molecule has 0 spiro atoms. The van der Waals surface area contributed by atoms with Gasteiger partial charge in [-0.2, -0.15) is 10.1 Å². The zero-order chi connectivity index (χ0) is 17.2. The summed E-state index contributed by atoms with van der Waals surface area (Å²) in [7, 11) is 1.87.